The lowest BCUT2D eigenvalue weighted by Gasteiger charge is -2.31. The number of benzene rings is 2. The van der Waals surface area contributed by atoms with Gasteiger partial charge in [0, 0.05) is 47.6 Å². The Morgan fingerprint density at radius 3 is 2.62 bits per heavy atom. The zero-order valence-corrected chi connectivity index (χ0v) is 17.7. The van der Waals surface area contributed by atoms with Gasteiger partial charge < -0.3 is 20.9 Å². The number of nitrogens with zero attached hydrogens (tertiary/aromatic N) is 2. The highest BCUT2D eigenvalue weighted by molar-refractivity contribution is 6.02. The van der Waals surface area contributed by atoms with Crippen molar-refractivity contribution in [2.75, 3.05) is 19.8 Å². The van der Waals surface area contributed by atoms with Crippen LogP contribution < -0.4 is 11.5 Å². The molecule has 0 radical (unpaired) electrons. The molecule has 0 saturated carbocycles. The average molecular weight is 436 g/mol. The van der Waals surface area contributed by atoms with Crippen LogP contribution in [0, 0.1) is 11.3 Å². The molecule has 2 amide bonds. The van der Waals surface area contributed by atoms with Gasteiger partial charge in [0.2, 0.25) is 5.91 Å². The maximum Gasteiger partial charge on any atom is 0.270 e. The highest BCUT2D eigenvalue weighted by Crippen LogP contribution is 2.26. The van der Waals surface area contributed by atoms with E-state index in [1.165, 1.54) is 0 Å². The summed E-state index contributed by atoms with van der Waals surface area (Å²) in [6.07, 6.45) is 1.56. The smallest absolute Gasteiger partial charge is 0.270 e. The molecule has 1 fully saturated rings. The number of likely N-dealkylation sites (tertiary alicyclic amines) is 1. The Hall–Kier alpha value is -3.68. The van der Waals surface area contributed by atoms with Crippen LogP contribution in [0.2, 0.25) is 0 Å². The van der Waals surface area contributed by atoms with Crippen LogP contribution in [-0.4, -0.2) is 46.9 Å². The van der Waals surface area contributed by atoms with Crippen LogP contribution in [0.1, 0.15) is 44.8 Å². The number of amides is 2. The summed E-state index contributed by atoms with van der Waals surface area (Å²) in [4.78, 5) is 26.8. The molecule has 0 aliphatic carbocycles. The molecule has 8 heteroatoms. The van der Waals surface area contributed by atoms with E-state index in [4.69, 9.17) is 16.9 Å². The number of primary amides is 1. The van der Waals surface area contributed by atoms with Gasteiger partial charge in [-0.3, -0.25) is 19.4 Å². The third kappa shape index (κ3) is 4.21. The minimum Gasteiger partial charge on any atom is -0.384 e. The summed E-state index contributed by atoms with van der Waals surface area (Å²) >= 11 is 0. The summed E-state index contributed by atoms with van der Waals surface area (Å²) in [6, 6.07) is 14.1. The van der Waals surface area contributed by atoms with Crippen LogP contribution in [0.4, 0.5) is 4.39 Å². The number of aromatic nitrogens is 1. The summed E-state index contributed by atoms with van der Waals surface area (Å²) in [5.41, 5.74) is 14.1. The average Bonchev–Trinajstić information content (AvgIpc) is 3.16. The van der Waals surface area contributed by atoms with Crippen molar-refractivity contribution >= 4 is 28.6 Å². The fourth-order valence-electron chi connectivity index (χ4n) is 4.31. The number of nitrogens with two attached hydrogens (primary N) is 2. The van der Waals surface area contributed by atoms with Crippen LogP contribution in [0.3, 0.4) is 0 Å². The molecule has 0 unspecified atom stereocenters. The molecule has 0 bridgehead atoms. The van der Waals surface area contributed by atoms with E-state index in [2.05, 4.69) is 0 Å². The van der Waals surface area contributed by atoms with Crippen molar-refractivity contribution in [3.05, 3.63) is 70.9 Å². The molecule has 32 heavy (non-hydrogen) atoms. The van der Waals surface area contributed by atoms with Crippen LogP contribution in [-0.2, 0) is 6.54 Å². The first-order valence-electron chi connectivity index (χ1n) is 10.6. The largest absolute Gasteiger partial charge is 0.384 e. The molecule has 4 rings (SSSR count). The number of hydrogen-bond donors (Lipinski definition) is 3. The van der Waals surface area contributed by atoms with E-state index in [0.717, 1.165) is 29.3 Å². The Labute approximate surface area is 185 Å². The van der Waals surface area contributed by atoms with Crippen LogP contribution in [0.25, 0.3) is 10.9 Å². The highest BCUT2D eigenvalue weighted by Gasteiger charge is 2.27. The lowest BCUT2D eigenvalue weighted by atomic mass is 9.99. The van der Waals surface area contributed by atoms with E-state index in [1.807, 2.05) is 22.8 Å². The summed E-state index contributed by atoms with van der Waals surface area (Å²) < 4.78 is 15.1. The molecule has 1 atom stereocenters. The van der Waals surface area contributed by atoms with Gasteiger partial charge in [-0.05, 0) is 42.7 Å². The van der Waals surface area contributed by atoms with Crippen molar-refractivity contribution in [1.82, 2.24) is 9.47 Å². The van der Waals surface area contributed by atoms with Gasteiger partial charge in [-0.25, -0.2) is 0 Å². The lowest BCUT2D eigenvalue weighted by Crippen LogP contribution is -2.41. The lowest BCUT2D eigenvalue weighted by molar-refractivity contribution is 0.0646. The van der Waals surface area contributed by atoms with E-state index in [9.17, 15) is 14.0 Å². The maximum atomic E-state index is 13.5. The first kappa shape index (κ1) is 21.5. The Bertz CT molecular complexity index is 1200. The van der Waals surface area contributed by atoms with Gasteiger partial charge in [-0.1, -0.05) is 24.3 Å². The Kier molecular flexibility index (Phi) is 5.94. The molecule has 7 nitrogen and oxygen atoms in total. The Morgan fingerprint density at radius 1 is 1.09 bits per heavy atom. The fourth-order valence-corrected chi connectivity index (χ4v) is 4.31. The number of carbonyl (C=O) groups excluding carboxylic acids is 2. The summed E-state index contributed by atoms with van der Waals surface area (Å²) in [5, 5.41) is 8.62. The van der Waals surface area contributed by atoms with E-state index in [-0.39, 0.29) is 17.7 Å². The number of nitrogen functional groups attached to an aromatic ring is 1. The van der Waals surface area contributed by atoms with E-state index >= 15 is 0 Å². The number of piperidine rings is 1. The minimum atomic E-state index is -0.523. The molecule has 1 aliphatic heterocycles. The van der Waals surface area contributed by atoms with Gasteiger partial charge in [0.05, 0.1) is 6.67 Å². The summed E-state index contributed by atoms with van der Waals surface area (Å²) in [6.45, 7) is 0.876. The van der Waals surface area contributed by atoms with Gasteiger partial charge in [-0.2, -0.15) is 0 Å². The van der Waals surface area contributed by atoms with Crippen molar-refractivity contribution in [2.45, 2.75) is 19.4 Å². The molecule has 3 aromatic rings. The van der Waals surface area contributed by atoms with E-state index in [0.29, 0.717) is 36.5 Å². The van der Waals surface area contributed by atoms with Crippen molar-refractivity contribution in [1.29, 1.82) is 5.41 Å². The monoisotopic (exact) mass is 435 g/mol. The Morgan fingerprint density at radius 2 is 1.91 bits per heavy atom. The first-order valence-corrected chi connectivity index (χ1v) is 10.6. The number of nitrogens with one attached hydrogen (secondary N) is 1. The van der Waals surface area contributed by atoms with Crippen molar-refractivity contribution in [3.63, 3.8) is 0 Å². The van der Waals surface area contributed by atoms with E-state index < -0.39 is 12.6 Å². The molecule has 1 aliphatic rings. The summed E-state index contributed by atoms with van der Waals surface area (Å²) in [5.74, 6) is -0.882. The number of alkyl halides is 1. The third-order valence-corrected chi connectivity index (χ3v) is 6.01. The minimum absolute atomic E-state index is 0.0647. The van der Waals surface area contributed by atoms with Crippen molar-refractivity contribution < 1.29 is 14.0 Å². The van der Waals surface area contributed by atoms with Crippen LogP contribution in [0.5, 0.6) is 0 Å². The SMILES string of the molecule is N=C(N)c1ccc2cc(C(=O)N3CCC[C@@H](CF)C3)n(Cc3cccc(C(N)=O)c3)c2c1. The zero-order chi connectivity index (χ0) is 22.8. The first-order chi connectivity index (χ1) is 15.4. The molecule has 2 aromatic carbocycles. The highest BCUT2D eigenvalue weighted by atomic mass is 19.1. The van der Waals surface area contributed by atoms with Gasteiger partial charge in [0.1, 0.15) is 11.5 Å². The molecule has 0 spiro atoms. The number of rotatable bonds is 6. The van der Waals surface area contributed by atoms with Gasteiger partial charge in [-0.15, -0.1) is 0 Å². The second-order valence-corrected chi connectivity index (χ2v) is 8.28. The zero-order valence-electron chi connectivity index (χ0n) is 17.7. The molecule has 1 aromatic heterocycles. The standard InChI is InChI=1S/C24H26FN5O2/c25-12-16-4-2-8-29(13-16)24(32)21-10-17-6-7-18(22(26)27)11-20(17)30(21)14-15-3-1-5-19(9-15)23(28)31/h1,3,5-7,9-11,16H,2,4,8,12-14H2,(H3,26,27)(H2,28,31)/t16-/m0/s1. The van der Waals surface area contributed by atoms with Gasteiger partial charge in [0.15, 0.2) is 0 Å². The predicted molar refractivity (Wildman–Crippen MR) is 122 cm³/mol. The van der Waals surface area contributed by atoms with Crippen LogP contribution in [0.15, 0.2) is 48.5 Å². The number of amidine groups is 1. The molecule has 166 valence electrons. The third-order valence-electron chi connectivity index (χ3n) is 6.01. The number of halogens is 1. The second-order valence-electron chi connectivity index (χ2n) is 8.28. The molecular weight excluding hydrogens is 409 g/mol. The van der Waals surface area contributed by atoms with Crippen molar-refractivity contribution in [3.8, 4) is 0 Å². The predicted octanol–water partition coefficient (Wildman–Crippen LogP) is 2.89. The van der Waals surface area contributed by atoms with E-state index in [1.54, 1.807) is 35.2 Å². The molecule has 1 saturated heterocycles. The quantitative estimate of drug-likeness (QED) is 0.408. The van der Waals surface area contributed by atoms with Crippen molar-refractivity contribution in [2.24, 2.45) is 17.4 Å². The number of fused-ring (bicyclic) bond motifs is 1. The molecular formula is C24H26FN5O2. The fraction of sp³-hybridized carbons (Fsp3) is 0.292. The second kappa shape index (κ2) is 8.82. The van der Waals surface area contributed by atoms with Crippen LogP contribution >= 0.6 is 0 Å². The van der Waals surface area contributed by atoms with Gasteiger partial charge >= 0.3 is 0 Å². The maximum absolute atomic E-state index is 13.5. The van der Waals surface area contributed by atoms with Gasteiger partial charge in [0.25, 0.3) is 5.91 Å². The number of hydrogen-bond acceptors (Lipinski definition) is 3. The topological polar surface area (TPSA) is 118 Å². The normalized spacial score (nSPS) is 16.3. The summed E-state index contributed by atoms with van der Waals surface area (Å²) in [7, 11) is 0. The molecule has 5 N–H and O–H groups in total. The molecule has 2 heterocycles. The number of carbonyl (C=O) groups is 2. The Balaban J connectivity index is 1.79.